The van der Waals surface area contributed by atoms with E-state index in [9.17, 15) is 4.39 Å². The van der Waals surface area contributed by atoms with Crippen LogP contribution in [0.5, 0.6) is 11.6 Å². The summed E-state index contributed by atoms with van der Waals surface area (Å²) >= 11 is 1.66. The number of ether oxygens (including phenoxy) is 1. The summed E-state index contributed by atoms with van der Waals surface area (Å²) in [6.07, 6.45) is 1.76. The number of thiazole rings is 1. The normalized spacial score (nSPS) is 10.8. The Morgan fingerprint density at radius 1 is 0.966 bits per heavy atom. The summed E-state index contributed by atoms with van der Waals surface area (Å²) in [4.78, 5) is 9.81. The van der Waals surface area contributed by atoms with Crippen molar-refractivity contribution in [2.24, 2.45) is 0 Å². The summed E-state index contributed by atoms with van der Waals surface area (Å²) in [5.74, 6) is 0.534. The average Bonchev–Trinajstić information content (AvgIpc) is 3.16. The summed E-state index contributed by atoms with van der Waals surface area (Å²) in [6, 6.07) is 18.3. The molecule has 0 spiro atoms. The molecule has 4 rings (SSSR count). The Labute approximate surface area is 173 Å². The van der Waals surface area contributed by atoms with Crippen LogP contribution < -0.4 is 10.1 Å². The van der Waals surface area contributed by atoms with Crippen LogP contribution >= 0.6 is 11.3 Å². The molecule has 0 aliphatic rings. The van der Waals surface area contributed by atoms with Gasteiger partial charge < -0.3 is 10.1 Å². The quantitative estimate of drug-likeness (QED) is 0.426. The predicted molar refractivity (Wildman–Crippen MR) is 114 cm³/mol. The Bertz CT molecular complexity index is 1080. The molecule has 0 aliphatic carbocycles. The lowest BCUT2D eigenvalue weighted by Gasteiger charge is -2.08. The van der Waals surface area contributed by atoms with Gasteiger partial charge in [0.25, 0.3) is 0 Å². The summed E-state index contributed by atoms with van der Waals surface area (Å²) < 4.78 is 18.8. The van der Waals surface area contributed by atoms with Crippen molar-refractivity contribution in [3.05, 3.63) is 95.0 Å². The van der Waals surface area contributed by atoms with E-state index in [4.69, 9.17) is 4.74 Å². The van der Waals surface area contributed by atoms with Gasteiger partial charge in [-0.2, -0.15) is 0 Å². The zero-order valence-electron chi connectivity index (χ0n) is 15.9. The Morgan fingerprint density at radius 2 is 1.76 bits per heavy atom. The third kappa shape index (κ3) is 5.04. The van der Waals surface area contributed by atoms with Crippen molar-refractivity contribution in [3.63, 3.8) is 0 Å². The van der Waals surface area contributed by atoms with E-state index in [1.165, 1.54) is 28.1 Å². The Hall–Kier alpha value is -3.09. The van der Waals surface area contributed by atoms with Gasteiger partial charge in [-0.05, 0) is 35.7 Å². The van der Waals surface area contributed by atoms with Gasteiger partial charge in [0.1, 0.15) is 11.6 Å². The number of hydrogen-bond donors (Lipinski definition) is 1. The molecule has 2 heterocycles. The average molecular weight is 405 g/mol. The molecular formula is C23H20FN3OS. The largest absolute Gasteiger partial charge is 0.439 e. The first-order valence-electron chi connectivity index (χ1n) is 9.26. The summed E-state index contributed by atoms with van der Waals surface area (Å²) in [6.45, 7) is 3.50. The molecule has 0 bridgehead atoms. The van der Waals surface area contributed by atoms with Crippen molar-refractivity contribution in [2.75, 3.05) is 0 Å². The highest BCUT2D eigenvalue weighted by molar-refractivity contribution is 7.13. The predicted octanol–water partition coefficient (Wildman–Crippen LogP) is 5.73. The number of hydrogen-bond acceptors (Lipinski definition) is 5. The molecule has 0 saturated carbocycles. The fraction of sp³-hybridized carbons (Fsp3) is 0.130. The third-order valence-electron chi connectivity index (χ3n) is 4.44. The first kappa shape index (κ1) is 19.2. The van der Waals surface area contributed by atoms with Crippen LogP contribution in [-0.4, -0.2) is 9.97 Å². The molecule has 0 radical (unpaired) electrons. The van der Waals surface area contributed by atoms with Gasteiger partial charge in [-0.1, -0.05) is 36.4 Å². The number of pyridine rings is 1. The molecule has 0 unspecified atom stereocenters. The number of halogens is 1. The highest BCUT2D eigenvalue weighted by atomic mass is 32.1. The van der Waals surface area contributed by atoms with E-state index in [1.54, 1.807) is 35.7 Å². The van der Waals surface area contributed by atoms with E-state index in [1.807, 2.05) is 18.5 Å². The fourth-order valence-corrected chi connectivity index (χ4v) is 3.74. The number of nitrogens with one attached hydrogen (secondary N) is 1. The molecule has 4 aromatic rings. The standard InChI is InChI=1S/C23H20FN3OS/c1-16-23(29-15-27-16)19-8-5-17(6-9-19)12-25-13-18-7-10-22(26-14-18)28-21-4-2-3-20(24)11-21/h2-11,14-15,25H,12-13H2,1H3. The van der Waals surface area contributed by atoms with Crippen LogP contribution in [-0.2, 0) is 13.1 Å². The molecule has 1 N–H and O–H groups in total. The minimum Gasteiger partial charge on any atom is -0.439 e. The number of rotatable bonds is 7. The molecule has 2 aromatic carbocycles. The topological polar surface area (TPSA) is 47.0 Å². The summed E-state index contributed by atoms with van der Waals surface area (Å²) in [5.41, 5.74) is 6.41. The number of nitrogens with zero attached hydrogens (tertiary/aromatic N) is 2. The molecule has 0 aliphatic heterocycles. The first-order chi connectivity index (χ1) is 14.2. The zero-order chi connectivity index (χ0) is 20.1. The molecule has 4 nitrogen and oxygen atoms in total. The van der Waals surface area contributed by atoms with Gasteiger partial charge in [-0.15, -0.1) is 11.3 Å². The van der Waals surface area contributed by atoms with E-state index in [-0.39, 0.29) is 5.82 Å². The maximum absolute atomic E-state index is 13.2. The molecule has 0 atom stereocenters. The minimum absolute atomic E-state index is 0.335. The number of aryl methyl sites for hydroxylation is 1. The molecule has 146 valence electrons. The van der Waals surface area contributed by atoms with Crippen LogP contribution in [0, 0.1) is 12.7 Å². The van der Waals surface area contributed by atoms with Gasteiger partial charge >= 0.3 is 0 Å². The fourth-order valence-electron chi connectivity index (χ4n) is 2.93. The van der Waals surface area contributed by atoms with Gasteiger partial charge in [-0.3, -0.25) is 0 Å². The SMILES string of the molecule is Cc1ncsc1-c1ccc(CNCc2ccc(Oc3cccc(F)c3)nc2)cc1. The van der Waals surface area contributed by atoms with Crippen LogP contribution in [0.3, 0.4) is 0 Å². The highest BCUT2D eigenvalue weighted by Gasteiger charge is 2.05. The number of benzene rings is 2. The van der Waals surface area contributed by atoms with Crippen molar-refractivity contribution in [1.29, 1.82) is 0 Å². The van der Waals surface area contributed by atoms with Crippen LogP contribution in [0.4, 0.5) is 4.39 Å². The minimum atomic E-state index is -0.335. The zero-order valence-corrected chi connectivity index (χ0v) is 16.7. The molecule has 0 amide bonds. The smallest absolute Gasteiger partial charge is 0.219 e. The molecule has 6 heteroatoms. The Morgan fingerprint density at radius 3 is 2.45 bits per heavy atom. The third-order valence-corrected chi connectivity index (χ3v) is 5.41. The van der Waals surface area contributed by atoms with Crippen LogP contribution in [0.15, 0.2) is 72.4 Å². The van der Waals surface area contributed by atoms with E-state index in [2.05, 4.69) is 39.6 Å². The molecule has 29 heavy (non-hydrogen) atoms. The van der Waals surface area contributed by atoms with Gasteiger partial charge in [0, 0.05) is 31.4 Å². The lowest BCUT2D eigenvalue weighted by molar-refractivity contribution is 0.457. The van der Waals surface area contributed by atoms with Crippen LogP contribution in [0.25, 0.3) is 10.4 Å². The summed E-state index contributed by atoms with van der Waals surface area (Å²) in [5, 5.41) is 3.42. The number of aromatic nitrogens is 2. The second kappa shape index (κ2) is 8.94. The van der Waals surface area contributed by atoms with Crippen molar-refractivity contribution in [3.8, 4) is 22.1 Å². The molecule has 2 aromatic heterocycles. The van der Waals surface area contributed by atoms with Crippen molar-refractivity contribution >= 4 is 11.3 Å². The second-order valence-corrected chi connectivity index (χ2v) is 7.49. The van der Waals surface area contributed by atoms with E-state index in [0.29, 0.717) is 18.2 Å². The van der Waals surface area contributed by atoms with Gasteiger partial charge in [-0.25, -0.2) is 14.4 Å². The maximum atomic E-state index is 13.2. The van der Waals surface area contributed by atoms with E-state index >= 15 is 0 Å². The molecule has 0 saturated heterocycles. The van der Waals surface area contributed by atoms with Crippen molar-refractivity contribution in [2.45, 2.75) is 20.0 Å². The molecular weight excluding hydrogens is 385 g/mol. The van der Waals surface area contributed by atoms with Gasteiger partial charge in [0.05, 0.1) is 16.1 Å². The van der Waals surface area contributed by atoms with Gasteiger partial charge in [0.2, 0.25) is 5.88 Å². The monoisotopic (exact) mass is 405 g/mol. The molecule has 0 fully saturated rings. The maximum Gasteiger partial charge on any atom is 0.219 e. The highest BCUT2D eigenvalue weighted by Crippen LogP contribution is 2.27. The van der Waals surface area contributed by atoms with Crippen molar-refractivity contribution < 1.29 is 9.13 Å². The van der Waals surface area contributed by atoms with E-state index < -0.39 is 0 Å². The lowest BCUT2D eigenvalue weighted by Crippen LogP contribution is -2.12. The Balaban J connectivity index is 1.29. The van der Waals surface area contributed by atoms with Gasteiger partial charge in [0.15, 0.2) is 0 Å². The second-order valence-electron chi connectivity index (χ2n) is 6.63. The van der Waals surface area contributed by atoms with E-state index in [0.717, 1.165) is 17.8 Å². The van der Waals surface area contributed by atoms with Crippen LogP contribution in [0.2, 0.25) is 0 Å². The lowest BCUT2D eigenvalue weighted by atomic mass is 10.1. The summed E-state index contributed by atoms with van der Waals surface area (Å²) in [7, 11) is 0. The van der Waals surface area contributed by atoms with Crippen molar-refractivity contribution in [1.82, 2.24) is 15.3 Å². The Kier molecular flexibility index (Phi) is 5.93. The van der Waals surface area contributed by atoms with Crippen LogP contribution in [0.1, 0.15) is 16.8 Å². The first-order valence-corrected chi connectivity index (χ1v) is 10.1.